The van der Waals surface area contributed by atoms with Gasteiger partial charge in [-0.2, -0.15) is 0 Å². The summed E-state index contributed by atoms with van der Waals surface area (Å²) >= 11 is 0. The number of nitrogens with one attached hydrogen (secondary N) is 1. The molecule has 0 aliphatic rings. The maximum atomic E-state index is 8.65. The van der Waals surface area contributed by atoms with Gasteiger partial charge in [0, 0.05) is 13.2 Å². The average Bonchev–Trinajstić information content (AvgIpc) is 2.04. The monoisotopic (exact) mass is 171 g/mol. The minimum Gasteiger partial charge on any atom is -0.396 e. The molecule has 0 aromatic heterocycles. The van der Waals surface area contributed by atoms with Crippen LogP contribution in [0.25, 0.3) is 0 Å². The quantitative estimate of drug-likeness (QED) is 0.570. The van der Waals surface area contributed by atoms with Gasteiger partial charge < -0.3 is 10.4 Å². The molecule has 0 heterocycles. The molecule has 0 aliphatic carbocycles. The van der Waals surface area contributed by atoms with Gasteiger partial charge in [-0.3, -0.25) is 0 Å². The van der Waals surface area contributed by atoms with Crippen molar-refractivity contribution in [1.29, 1.82) is 0 Å². The van der Waals surface area contributed by atoms with Gasteiger partial charge in [0.25, 0.3) is 0 Å². The Morgan fingerprint density at radius 3 is 2.75 bits per heavy atom. The summed E-state index contributed by atoms with van der Waals surface area (Å²) < 4.78 is 0. The van der Waals surface area contributed by atoms with Crippen LogP contribution in [0, 0.1) is 5.92 Å². The van der Waals surface area contributed by atoms with Crippen LogP contribution in [0.5, 0.6) is 0 Å². The fraction of sp³-hybridized carbons (Fsp3) is 0.800. The zero-order chi connectivity index (χ0) is 9.40. The fourth-order valence-corrected chi connectivity index (χ4v) is 0.943. The number of hydrogen-bond acceptors (Lipinski definition) is 2. The third-order valence-electron chi connectivity index (χ3n) is 1.99. The van der Waals surface area contributed by atoms with Gasteiger partial charge in [-0.25, -0.2) is 0 Å². The summed E-state index contributed by atoms with van der Waals surface area (Å²) in [6, 6.07) is 0. The van der Waals surface area contributed by atoms with E-state index in [0.717, 1.165) is 25.9 Å². The molecule has 0 saturated carbocycles. The maximum Gasteiger partial charge on any atom is 0.0434 e. The number of rotatable bonds is 7. The third kappa shape index (κ3) is 6.38. The first-order valence-electron chi connectivity index (χ1n) is 4.68. The van der Waals surface area contributed by atoms with Gasteiger partial charge in [-0.1, -0.05) is 26.0 Å². The fourth-order valence-electron chi connectivity index (χ4n) is 0.943. The molecule has 0 aromatic rings. The van der Waals surface area contributed by atoms with Gasteiger partial charge in [0.05, 0.1) is 0 Å². The Hall–Kier alpha value is -0.340. The normalized spacial score (nSPS) is 12.9. The van der Waals surface area contributed by atoms with E-state index in [1.54, 1.807) is 0 Å². The molecule has 0 fully saturated rings. The Morgan fingerprint density at radius 2 is 2.25 bits per heavy atom. The van der Waals surface area contributed by atoms with Crippen molar-refractivity contribution in [1.82, 2.24) is 5.32 Å². The molecular weight excluding hydrogens is 150 g/mol. The zero-order valence-corrected chi connectivity index (χ0v) is 8.27. The molecule has 0 spiro atoms. The smallest absolute Gasteiger partial charge is 0.0434 e. The highest BCUT2D eigenvalue weighted by Crippen LogP contribution is 1.99. The summed E-state index contributed by atoms with van der Waals surface area (Å²) in [5, 5.41) is 12.0. The molecular formula is C10H21NO. The molecule has 0 amide bonds. The lowest BCUT2D eigenvalue weighted by Gasteiger charge is -2.11. The second kappa shape index (κ2) is 7.32. The van der Waals surface area contributed by atoms with E-state index in [2.05, 4.69) is 25.7 Å². The van der Waals surface area contributed by atoms with Crippen LogP contribution >= 0.6 is 0 Å². The Labute approximate surface area is 75.7 Å². The highest BCUT2D eigenvalue weighted by atomic mass is 16.3. The van der Waals surface area contributed by atoms with E-state index in [-0.39, 0.29) is 6.61 Å². The van der Waals surface area contributed by atoms with Crippen LogP contribution < -0.4 is 5.32 Å². The standard InChI is InChI=1S/C10H21NO/c1-4-9(2)7-11-8-10(3)5-6-12/h10-12H,2,4-8H2,1,3H3. The largest absolute Gasteiger partial charge is 0.396 e. The van der Waals surface area contributed by atoms with Crippen molar-refractivity contribution in [2.24, 2.45) is 5.92 Å². The maximum absolute atomic E-state index is 8.65. The SMILES string of the molecule is C=C(CC)CNCC(C)CCO. The first-order chi connectivity index (χ1) is 5.70. The van der Waals surface area contributed by atoms with Crippen LogP contribution in [0.15, 0.2) is 12.2 Å². The van der Waals surface area contributed by atoms with Crippen molar-refractivity contribution in [3.63, 3.8) is 0 Å². The van der Waals surface area contributed by atoms with E-state index in [1.165, 1.54) is 5.57 Å². The molecule has 1 atom stereocenters. The first kappa shape index (κ1) is 11.7. The zero-order valence-electron chi connectivity index (χ0n) is 8.27. The van der Waals surface area contributed by atoms with Crippen molar-refractivity contribution in [2.45, 2.75) is 26.7 Å². The predicted molar refractivity (Wildman–Crippen MR) is 53.2 cm³/mol. The van der Waals surface area contributed by atoms with Crippen LogP contribution in [0.2, 0.25) is 0 Å². The second-order valence-corrected chi connectivity index (χ2v) is 3.35. The predicted octanol–water partition coefficient (Wildman–Crippen LogP) is 1.56. The van der Waals surface area contributed by atoms with Crippen LogP contribution in [-0.2, 0) is 0 Å². The van der Waals surface area contributed by atoms with E-state index < -0.39 is 0 Å². The molecule has 0 bridgehead atoms. The van der Waals surface area contributed by atoms with Gasteiger partial charge in [-0.15, -0.1) is 0 Å². The average molecular weight is 171 g/mol. The van der Waals surface area contributed by atoms with E-state index in [9.17, 15) is 0 Å². The summed E-state index contributed by atoms with van der Waals surface area (Å²) in [4.78, 5) is 0. The number of hydrogen-bond donors (Lipinski definition) is 2. The van der Waals surface area contributed by atoms with E-state index in [1.807, 2.05) is 0 Å². The van der Waals surface area contributed by atoms with Crippen molar-refractivity contribution in [2.75, 3.05) is 19.7 Å². The van der Waals surface area contributed by atoms with Crippen molar-refractivity contribution in [3.05, 3.63) is 12.2 Å². The first-order valence-corrected chi connectivity index (χ1v) is 4.68. The Bertz CT molecular complexity index is 123. The molecule has 2 N–H and O–H groups in total. The molecule has 1 unspecified atom stereocenters. The highest BCUT2D eigenvalue weighted by molar-refractivity contribution is 4.94. The minimum atomic E-state index is 0.289. The van der Waals surface area contributed by atoms with Crippen molar-refractivity contribution in [3.8, 4) is 0 Å². The molecule has 72 valence electrons. The second-order valence-electron chi connectivity index (χ2n) is 3.35. The van der Waals surface area contributed by atoms with Gasteiger partial charge in [-0.05, 0) is 25.3 Å². The highest BCUT2D eigenvalue weighted by Gasteiger charge is 1.99. The molecule has 0 radical (unpaired) electrons. The van der Waals surface area contributed by atoms with Gasteiger partial charge in [0.15, 0.2) is 0 Å². The summed E-state index contributed by atoms with van der Waals surface area (Å²) in [5.74, 6) is 0.555. The molecule has 2 heteroatoms. The van der Waals surface area contributed by atoms with Crippen LogP contribution in [0.4, 0.5) is 0 Å². The number of aliphatic hydroxyl groups excluding tert-OH is 1. The van der Waals surface area contributed by atoms with E-state index >= 15 is 0 Å². The summed E-state index contributed by atoms with van der Waals surface area (Å²) in [5.41, 5.74) is 1.24. The lowest BCUT2D eigenvalue weighted by Crippen LogP contribution is -2.23. The van der Waals surface area contributed by atoms with Gasteiger partial charge in [0.1, 0.15) is 0 Å². The van der Waals surface area contributed by atoms with Gasteiger partial charge in [0.2, 0.25) is 0 Å². The van der Waals surface area contributed by atoms with Crippen LogP contribution in [0.3, 0.4) is 0 Å². The third-order valence-corrected chi connectivity index (χ3v) is 1.99. The molecule has 0 aromatic carbocycles. The summed E-state index contributed by atoms with van der Waals surface area (Å²) in [6.07, 6.45) is 1.92. The molecule has 0 aliphatic heterocycles. The Morgan fingerprint density at radius 1 is 1.58 bits per heavy atom. The Kier molecular flexibility index (Phi) is 7.11. The van der Waals surface area contributed by atoms with Crippen LogP contribution in [-0.4, -0.2) is 24.8 Å². The van der Waals surface area contributed by atoms with E-state index in [4.69, 9.17) is 5.11 Å². The molecule has 0 saturated heterocycles. The van der Waals surface area contributed by atoms with Crippen molar-refractivity contribution >= 4 is 0 Å². The minimum absolute atomic E-state index is 0.289. The Balaban J connectivity index is 3.24. The van der Waals surface area contributed by atoms with Gasteiger partial charge >= 0.3 is 0 Å². The molecule has 12 heavy (non-hydrogen) atoms. The topological polar surface area (TPSA) is 32.3 Å². The summed E-state index contributed by atoms with van der Waals surface area (Å²) in [7, 11) is 0. The molecule has 2 nitrogen and oxygen atoms in total. The number of aliphatic hydroxyl groups is 1. The van der Waals surface area contributed by atoms with Crippen LogP contribution in [0.1, 0.15) is 26.7 Å². The summed E-state index contributed by atoms with van der Waals surface area (Å²) in [6.45, 7) is 10.3. The lowest BCUT2D eigenvalue weighted by atomic mass is 10.1. The molecule has 0 rings (SSSR count). The lowest BCUT2D eigenvalue weighted by molar-refractivity contribution is 0.260. The van der Waals surface area contributed by atoms with E-state index in [0.29, 0.717) is 5.92 Å². The van der Waals surface area contributed by atoms with Crippen molar-refractivity contribution < 1.29 is 5.11 Å².